The fraction of sp³-hybridized carbons (Fsp3) is 0.300. The van der Waals surface area contributed by atoms with Crippen LogP contribution < -0.4 is 0 Å². The Labute approximate surface area is 71.2 Å². The SMILES string of the molecule is Cc1cccc(C(C)(F)C=O)c1. The van der Waals surface area contributed by atoms with E-state index in [1.807, 2.05) is 13.0 Å². The molecule has 0 bridgehead atoms. The van der Waals surface area contributed by atoms with Crippen molar-refractivity contribution in [2.24, 2.45) is 0 Å². The van der Waals surface area contributed by atoms with Crippen LogP contribution in [-0.2, 0) is 10.5 Å². The molecule has 2 heteroatoms. The fourth-order valence-corrected chi connectivity index (χ4v) is 1.02. The van der Waals surface area contributed by atoms with Crippen LogP contribution >= 0.6 is 0 Å². The number of aldehydes is 1. The van der Waals surface area contributed by atoms with Gasteiger partial charge >= 0.3 is 0 Å². The third-order valence-electron chi connectivity index (χ3n) is 1.80. The molecule has 1 rings (SSSR count). The highest BCUT2D eigenvalue weighted by atomic mass is 19.1. The number of hydrogen-bond donors (Lipinski definition) is 0. The highest BCUT2D eigenvalue weighted by Gasteiger charge is 2.24. The molecule has 0 spiro atoms. The molecular formula is C10H11FO. The Bertz CT molecular complexity index is 292. The second-order valence-electron chi connectivity index (χ2n) is 3.06. The first-order valence-corrected chi connectivity index (χ1v) is 3.78. The number of rotatable bonds is 2. The lowest BCUT2D eigenvalue weighted by molar-refractivity contribution is -0.117. The molecule has 0 aliphatic carbocycles. The summed E-state index contributed by atoms with van der Waals surface area (Å²) in [6, 6.07) is 6.90. The molecule has 1 unspecified atom stereocenters. The van der Waals surface area contributed by atoms with Crippen molar-refractivity contribution in [3.8, 4) is 0 Å². The molecule has 0 N–H and O–H groups in total. The van der Waals surface area contributed by atoms with Crippen LogP contribution in [0.4, 0.5) is 4.39 Å². The normalized spacial score (nSPS) is 15.2. The van der Waals surface area contributed by atoms with Crippen LogP contribution in [0.2, 0.25) is 0 Å². The zero-order valence-electron chi connectivity index (χ0n) is 7.17. The van der Waals surface area contributed by atoms with Crippen LogP contribution in [0.3, 0.4) is 0 Å². The van der Waals surface area contributed by atoms with Crippen molar-refractivity contribution in [1.29, 1.82) is 0 Å². The van der Waals surface area contributed by atoms with Crippen molar-refractivity contribution in [3.63, 3.8) is 0 Å². The first-order chi connectivity index (χ1) is 5.56. The van der Waals surface area contributed by atoms with E-state index in [4.69, 9.17) is 0 Å². The Morgan fingerprint density at radius 1 is 1.50 bits per heavy atom. The van der Waals surface area contributed by atoms with E-state index in [2.05, 4.69) is 0 Å². The van der Waals surface area contributed by atoms with Gasteiger partial charge in [0.15, 0.2) is 12.0 Å². The highest BCUT2D eigenvalue weighted by molar-refractivity contribution is 5.65. The van der Waals surface area contributed by atoms with Crippen LogP contribution in [0.1, 0.15) is 18.1 Å². The summed E-state index contributed by atoms with van der Waals surface area (Å²) in [6.07, 6.45) is 0.321. The van der Waals surface area contributed by atoms with E-state index in [0.29, 0.717) is 11.8 Å². The van der Waals surface area contributed by atoms with Gasteiger partial charge in [0.1, 0.15) is 0 Å². The van der Waals surface area contributed by atoms with Gasteiger partial charge in [-0.3, -0.25) is 4.79 Å². The molecule has 0 aromatic heterocycles. The van der Waals surface area contributed by atoms with Gasteiger partial charge in [0.05, 0.1) is 0 Å². The average Bonchev–Trinajstić information content (AvgIpc) is 2.05. The maximum Gasteiger partial charge on any atom is 0.187 e. The summed E-state index contributed by atoms with van der Waals surface area (Å²) >= 11 is 0. The molecule has 0 heterocycles. The first kappa shape index (κ1) is 8.91. The second-order valence-corrected chi connectivity index (χ2v) is 3.06. The van der Waals surface area contributed by atoms with Gasteiger partial charge < -0.3 is 0 Å². The monoisotopic (exact) mass is 166 g/mol. The summed E-state index contributed by atoms with van der Waals surface area (Å²) in [7, 11) is 0. The van der Waals surface area contributed by atoms with Crippen molar-refractivity contribution in [3.05, 3.63) is 35.4 Å². The molecule has 1 atom stereocenters. The van der Waals surface area contributed by atoms with Gasteiger partial charge in [0.2, 0.25) is 0 Å². The van der Waals surface area contributed by atoms with Gasteiger partial charge in [-0.05, 0) is 19.4 Å². The van der Waals surface area contributed by atoms with Crippen LogP contribution in [0.15, 0.2) is 24.3 Å². The van der Waals surface area contributed by atoms with E-state index < -0.39 is 5.67 Å². The van der Waals surface area contributed by atoms with Gasteiger partial charge in [0, 0.05) is 0 Å². The third kappa shape index (κ3) is 1.70. The van der Waals surface area contributed by atoms with Gasteiger partial charge in [-0.1, -0.05) is 29.8 Å². The molecule has 64 valence electrons. The summed E-state index contributed by atoms with van der Waals surface area (Å²) in [6.45, 7) is 3.12. The van der Waals surface area contributed by atoms with Crippen molar-refractivity contribution in [2.45, 2.75) is 19.5 Å². The molecule has 1 nitrogen and oxygen atoms in total. The molecule has 12 heavy (non-hydrogen) atoms. The number of alkyl halides is 1. The lowest BCUT2D eigenvalue weighted by atomic mass is 9.98. The molecule has 0 fully saturated rings. The molecule has 0 radical (unpaired) electrons. The average molecular weight is 166 g/mol. The standard InChI is InChI=1S/C10H11FO/c1-8-4-3-5-9(6-8)10(2,11)7-12/h3-7H,1-2H3. The van der Waals surface area contributed by atoms with E-state index in [1.54, 1.807) is 18.2 Å². The Morgan fingerprint density at radius 2 is 2.17 bits per heavy atom. The quantitative estimate of drug-likeness (QED) is 0.616. The van der Waals surface area contributed by atoms with Crippen LogP contribution in [0.25, 0.3) is 0 Å². The number of halogens is 1. The third-order valence-corrected chi connectivity index (χ3v) is 1.80. The molecule has 0 aliphatic heterocycles. The summed E-state index contributed by atoms with van der Waals surface area (Å²) < 4.78 is 13.4. The van der Waals surface area contributed by atoms with Crippen LogP contribution in [-0.4, -0.2) is 6.29 Å². The minimum absolute atomic E-state index is 0.321. The van der Waals surface area contributed by atoms with Crippen molar-refractivity contribution in [1.82, 2.24) is 0 Å². The Kier molecular flexibility index (Phi) is 2.27. The topological polar surface area (TPSA) is 17.1 Å². The number of carbonyl (C=O) groups excluding carboxylic acids is 1. The molecule has 1 aromatic rings. The minimum Gasteiger partial charge on any atom is -0.299 e. The van der Waals surface area contributed by atoms with Crippen molar-refractivity contribution in [2.75, 3.05) is 0 Å². The molecule has 0 aliphatic rings. The Morgan fingerprint density at radius 3 is 2.67 bits per heavy atom. The lowest BCUT2D eigenvalue weighted by Gasteiger charge is -2.12. The fourth-order valence-electron chi connectivity index (χ4n) is 1.02. The van der Waals surface area contributed by atoms with Crippen molar-refractivity contribution >= 4 is 6.29 Å². The molecule has 0 amide bonds. The van der Waals surface area contributed by atoms with E-state index >= 15 is 0 Å². The molecule has 0 saturated heterocycles. The summed E-state index contributed by atoms with van der Waals surface area (Å²) in [5.74, 6) is 0. The largest absolute Gasteiger partial charge is 0.299 e. The van der Waals surface area contributed by atoms with E-state index in [-0.39, 0.29) is 0 Å². The summed E-state index contributed by atoms with van der Waals surface area (Å²) in [5, 5.41) is 0. The first-order valence-electron chi connectivity index (χ1n) is 3.78. The van der Waals surface area contributed by atoms with Gasteiger partial charge in [-0.15, -0.1) is 0 Å². The molecule has 0 saturated carbocycles. The maximum absolute atomic E-state index is 13.4. The number of aryl methyl sites for hydroxylation is 1. The molecular weight excluding hydrogens is 155 g/mol. The van der Waals surface area contributed by atoms with Crippen LogP contribution in [0, 0.1) is 6.92 Å². The van der Waals surface area contributed by atoms with E-state index in [0.717, 1.165) is 5.56 Å². The zero-order chi connectivity index (χ0) is 9.19. The number of benzene rings is 1. The Hall–Kier alpha value is -1.18. The highest BCUT2D eigenvalue weighted by Crippen LogP contribution is 2.23. The summed E-state index contributed by atoms with van der Waals surface area (Å²) in [4.78, 5) is 10.4. The maximum atomic E-state index is 13.4. The van der Waals surface area contributed by atoms with Crippen LogP contribution in [0.5, 0.6) is 0 Å². The lowest BCUT2D eigenvalue weighted by Crippen LogP contribution is -2.16. The second kappa shape index (κ2) is 3.05. The van der Waals surface area contributed by atoms with Crippen molar-refractivity contribution < 1.29 is 9.18 Å². The minimum atomic E-state index is -1.86. The predicted molar refractivity (Wildman–Crippen MR) is 45.7 cm³/mol. The van der Waals surface area contributed by atoms with E-state index in [1.165, 1.54) is 6.92 Å². The smallest absolute Gasteiger partial charge is 0.187 e. The predicted octanol–water partition coefficient (Wildman–Crippen LogP) is 2.38. The van der Waals surface area contributed by atoms with Gasteiger partial charge in [-0.25, -0.2) is 4.39 Å². The summed E-state index contributed by atoms with van der Waals surface area (Å²) in [5.41, 5.74) is -0.484. The number of hydrogen-bond acceptors (Lipinski definition) is 1. The number of carbonyl (C=O) groups is 1. The van der Waals surface area contributed by atoms with E-state index in [9.17, 15) is 9.18 Å². The van der Waals surface area contributed by atoms with Gasteiger partial charge in [0.25, 0.3) is 0 Å². The molecule has 1 aromatic carbocycles. The van der Waals surface area contributed by atoms with Gasteiger partial charge in [-0.2, -0.15) is 0 Å². The zero-order valence-corrected chi connectivity index (χ0v) is 7.17. The Balaban J connectivity index is 3.11.